The van der Waals surface area contributed by atoms with Crippen LogP contribution in [0, 0.1) is 0 Å². The molecule has 0 N–H and O–H groups in total. The van der Waals surface area contributed by atoms with Gasteiger partial charge in [-0.25, -0.2) is 0 Å². The topological polar surface area (TPSA) is 9.23 Å². The van der Waals surface area contributed by atoms with Gasteiger partial charge in [-0.3, -0.25) is 0 Å². The Hall–Kier alpha value is -3.73. The minimum absolute atomic E-state index is 0.0419. The molecule has 5 rings (SSSR count). The van der Waals surface area contributed by atoms with Crippen molar-refractivity contribution in [1.29, 1.82) is 0 Å². The van der Waals surface area contributed by atoms with Crippen LogP contribution >= 0.6 is 10.5 Å². The van der Waals surface area contributed by atoms with Crippen LogP contribution in [0.25, 0.3) is 25.1 Å². The molecule has 0 aliphatic rings. The highest BCUT2D eigenvalue weighted by molar-refractivity contribution is 7.50. The number of benzene rings is 4. The van der Waals surface area contributed by atoms with Crippen molar-refractivity contribution < 1.29 is 44.3 Å². The van der Waals surface area contributed by atoms with E-state index in [9.17, 15) is 39.5 Å². The second kappa shape index (κ2) is 9.48. The second-order valence-corrected chi connectivity index (χ2v) is 10.6. The van der Waals surface area contributed by atoms with Gasteiger partial charge in [0.2, 0.25) is 0 Å². The first-order valence-corrected chi connectivity index (χ1v) is 12.5. The molecule has 0 aliphatic carbocycles. The fraction of sp³-hybridized carbons (Fsp3) is 0.143. The summed E-state index contributed by atoms with van der Waals surface area (Å²) in [6.07, 6.45) is -17.2. The van der Waals surface area contributed by atoms with Gasteiger partial charge in [0.25, 0.3) is 0 Å². The number of thiophene rings is 1. The monoisotopic (exact) mass is 571 g/mol. The van der Waals surface area contributed by atoms with Crippen LogP contribution < -0.4 is 4.74 Å². The highest BCUT2D eigenvalue weighted by atomic mass is 32.2. The molecule has 0 radical (unpaired) electrons. The van der Waals surface area contributed by atoms with Crippen LogP contribution in [-0.4, -0.2) is 0 Å². The van der Waals surface area contributed by atoms with Crippen molar-refractivity contribution >= 4 is 30.6 Å². The van der Waals surface area contributed by atoms with Crippen molar-refractivity contribution in [1.82, 2.24) is 0 Å². The van der Waals surface area contributed by atoms with Crippen LogP contribution in [0.1, 0.15) is 22.3 Å². The van der Waals surface area contributed by atoms with Crippen molar-refractivity contribution in [3.8, 4) is 10.6 Å². The van der Waals surface area contributed by atoms with Gasteiger partial charge < -0.3 is 4.74 Å². The molecule has 1 heterocycles. The summed E-state index contributed by atoms with van der Waals surface area (Å²) < 4.78 is 128. The predicted octanol–water partition coefficient (Wildman–Crippen LogP) is 10.4. The molecule has 0 aliphatic heterocycles. The number of alkyl halides is 9. The van der Waals surface area contributed by atoms with E-state index in [1.54, 1.807) is 12.1 Å². The summed E-state index contributed by atoms with van der Waals surface area (Å²) in [5, 5.41) is 2.19. The molecule has 0 saturated heterocycles. The molecular formula is C28H16F9OS+. The van der Waals surface area contributed by atoms with Crippen LogP contribution in [0.3, 0.4) is 0 Å². The fourth-order valence-electron chi connectivity index (χ4n) is 4.48. The summed E-state index contributed by atoms with van der Waals surface area (Å²) in [7, 11) is -0.438. The van der Waals surface area contributed by atoms with Gasteiger partial charge in [-0.15, -0.1) is 0 Å². The molecule has 202 valence electrons. The first kappa shape index (κ1) is 26.9. The predicted molar refractivity (Wildman–Crippen MR) is 131 cm³/mol. The number of ether oxygens (including phenoxy) is 1. The van der Waals surface area contributed by atoms with Crippen LogP contribution in [0.15, 0.2) is 84.9 Å². The van der Waals surface area contributed by atoms with E-state index in [1.165, 1.54) is 12.1 Å². The highest BCUT2D eigenvalue weighted by Crippen LogP contribution is 2.49. The fourth-order valence-corrected chi connectivity index (χ4v) is 6.86. The standard InChI is InChI=1S/C28H16F9OS/c29-26(30,31)21-13-16(14-22(27(32,33)34)25(21)28(35,36)37)15-38-17-9-11-18(12-10-17)39-23-7-3-1-5-19(23)20-6-2-4-8-24(20)39/h1-14H,15H2/q+1. The zero-order valence-corrected chi connectivity index (χ0v) is 20.3. The Morgan fingerprint density at radius 3 is 1.46 bits per heavy atom. The molecule has 0 unspecified atom stereocenters. The molecule has 11 heteroatoms. The molecular weight excluding hydrogens is 555 g/mol. The minimum atomic E-state index is -5.87. The summed E-state index contributed by atoms with van der Waals surface area (Å²) in [6.45, 7) is -0.805. The average molecular weight is 571 g/mol. The number of fused-ring (bicyclic) bond motifs is 3. The molecule has 0 atom stereocenters. The van der Waals surface area contributed by atoms with Crippen LogP contribution in [0.5, 0.6) is 5.75 Å². The van der Waals surface area contributed by atoms with E-state index in [1.807, 2.05) is 48.5 Å². The zero-order chi connectivity index (χ0) is 28.2. The lowest BCUT2D eigenvalue weighted by Crippen LogP contribution is -2.23. The highest BCUT2D eigenvalue weighted by Gasteiger charge is 2.50. The van der Waals surface area contributed by atoms with Crippen molar-refractivity contribution in [2.45, 2.75) is 25.1 Å². The van der Waals surface area contributed by atoms with Crippen molar-refractivity contribution in [3.05, 3.63) is 107 Å². The maximum atomic E-state index is 13.4. The Labute approximate surface area is 218 Å². The van der Waals surface area contributed by atoms with Crippen LogP contribution in [0.2, 0.25) is 0 Å². The van der Waals surface area contributed by atoms with E-state index >= 15 is 0 Å². The molecule has 1 aromatic heterocycles. The summed E-state index contributed by atoms with van der Waals surface area (Å²) in [6, 6.07) is 22.4. The van der Waals surface area contributed by atoms with Gasteiger partial charge >= 0.3 is 18.5 Å². The molecule has 0 amide bonds. The van der Waals surface area contributed by atoms with E-state index in [2.05, 4.69) is 0 Å². The maximum Gasteiger partial charge on any atom is 0.417 e. The SMILES string of the molecule is FC(F)(F)c1cc(COc2ccc(-[s+]3c4ccccc4c4ccccc43)cc2)cc(C(F)(F)F)c1C(F)(F)F. The lowest BCUT2D eigenvalue weighted by Gasteiger charge is -2.22. The Morgan fingerprint density at radius 2 is 1.03 bits per heavy atom. The van der Waals surface area contributed by atoms with Crippen molar-refractivity contribution in [3.63, 3.8) is 0 Å². The van der Waals surface area contributed by atoms with E-state index < -0.39 is 57.9 Å². The third-order valence-electron chi connectivity index (χ3n) is 6.06. The molecule has 0 bridgehead atoms. The summed E-state index contributed by atoms with van der Waals surface area (Å²) in [4.78, 5) is 0.910. The van der Waals surface area contributed by atoms with Gasteiger partial charge in [-0.2, -0.15) is 39.5 Å². The lowest BCUT2D eigenvalue weighted by molar-refractivity contribution is -0.174. The lowest BCUT2D eigenvalue weighted by atomic mass is 9.96. The van der Waals surface area contributed by atoms with E-state index in [0.29, 0.717) is 0 Å². The molecule has 0 saturated carbocycles. The van der Waals surface area contributed by atoms with Gasteiger partial charge in [0, 0.05) is 33.4 Å². The Bertz CT molecular complexity index is 1570. The molecule has 1 nitrogen and oxygen atoms in total. The number of halogens is 9. The van der Waals surface area contributed by atoms with Crippen molar-refractivity contribution in [2.75, 3.05) is 0 Å². The van der Waals surface area contributed by atoms with Crippen molar-refractivity contribution in [2.24, 2.45) is 0 Å². The maximum absolute atomic E-state index is 13.4. The normalized spacial score (nSPS) is 12.8. The average Bonchev–Trinajstić information content (AvgIpc) is 3.20. The van der Waals surface area contributed by atoms with Crippen LogP contribution in [-0.2, 0) is 25.1 Å². The third kappa shape index (κ3) is 5.15. The number of rotatable bonds is 4. The Kier molecular flexibility index (Phi) is 6.53. The van der Waals surface area contributed by atoms with E-state index in [4.69, 9.17) is 4.74 Å². The molecule has 5 aromatic rings. The zero-order valence-electron chi connectivity index (χ0n) is 19.5. The number of hydrogen-bond donors (Lipinski definition) is 0. The minimum Gasteiger partial charge on any atom is -0.489 e. The molecule has 0 fully saturated rings. The van der Waals surface area contributed by atoms with Gasteiger partial charge in [0.15, 0.2) is 14.3 Å². The van der Waals surface area contributed by atoms with Gasteiger partial charge in [-0.1, -0.05) is 24.3 Å². The second-order valence-electron chi connectivity index (χ2n) is 8.62. The molecule has 0 spiro atoms. The van der Waals surface area contributed by atoms with Crippen LogP contribution in [0.4, 0.5) is 39.5 Å². The van der Waals surface area contributed by atoms with E-state index in [0.717, 1.165) is 25.1 Å². The van der Waals surface area contributed by atoms with E-state index in [-0.39, 0.29) is 17.9 Å². The Balaban J connectivity index is 1.48. The first-order chi connectivity index (χ1) is 18.2. The Morgan fingerprint density at radius 1 is 0.564 bits per heavy atom. The number of hydrogen-bond acceptors (Lipinski definition) is 1. The quantitative estimate of drug-likeness (QED) is 0.154. The molecule has 39 heavy (non-hydrogen) atoms. The summed E-state index contributed by atoms with van der Waals surface area (Å²) in [5.41, 5.74) is -8.31. The summed E-state index contributed by atoms with van der Waals surface area (Å²) in [5.74, 6) is 0.130. The van der Waals surface area contributed by atoms with Gasteiger partial charge in [0.05, 0.1) is 16.7 Å². The summed E-state index contributed by atoms with van der Waals surface area (Å²) >= 11 is 0. The largest absolute Gasteiger partial charge is 0.489 e. The molecule has 4 aromatic carbocycles. The smallest absolute Gasteiger partial charge is 0.417 e. The third-order valence-corrected chi connectivity index (χ3v) is 8.40. The van der Waals surface area contributed by atoms with Gasteiger partial charge in [0.1, 0.15) is 12.4 Å². The first-order valence-electron chi connectivity index (χ1n) is 11.3. The van der Waals surface area contributed by atoms with Gasteiger partial charge in [-0.05, 0) is 54.1 Å².